The van der Waals surface area contributed by atoms with E-state index in [0.29, 0.717) is 19.0 Å². The zero-order chi connectivity index (χ0) is 14.8. The van der Waals surface area contributed by atoms with Gasteiger partial charge in [-0.25, -0.2) is 4.79 Å². The molecule has 116 valence electrons. The molecule has 0 aromatic heterocycles. The molecule has 0 spiro atoms. The summed E-state index contributed by atoms with van der Waals surface area (Å²) >= 11 is 0. The van der Waals surface area contributed by atoms with Gasteiger partial charge in [0.15, 0.2) is 0 Å². The van der Waals surface area contributed by atoms with Crippen molar-refractivity contribution >= 4 is 12.0 Å². The number of rotatable bonds is 8. The van der Waals surface area contributed by atoms with Gasteiger partial charge in [0.1, 0.15) is 0 Å². The normalized spacial score (nSPS) is 22.2. The molecule has 20 heavy (non-hydrogen) atoms. The minimum absolute atomic E-state index is 0.136. The molecule has 2 amide bonds. The molecule has 0 aromatic carbocycles. The molecule has 6 heteroatoms. The quantitative estimate of drug-likeness (QED) is 0.591. The first-order valence-electron chi connectivity index (χ1n) is 7.37. The smallest absolute Gasteiger partial charge is 0.314 e. The van der Waals surface area contributed by atoms with Crippen LogP contribution in [0.4, 0.5) is 4.79 Å². The minimum atomic E-state index is -0.690. The van der Waals surface area contributed by atoms with Crippen LogP contribution >= 0.6 is 0 Å². The van der Waals surface area contributed by atoms with Crippen molar-refractivity contribution < 1.29 is 19.4 Å². The maximum Gasteiger partial charge on any atom is 0.314 e. The third-order valence-corrected chi connectivity index (χ3v) is 3.81. The van der Waals surface area contributed by atoms with Crippen molar-refractivity contribution in [2.24, 2.45) is 11.8 Å². The first-order valence-corrected chi connectivity index (χ1v) is 7.37. The molecule has 1 rings (SSSR count). The summed E-state index contributed by atoms with van der Waals surface area (Å²) in [7, 11) is 1.67. The summed E-state index contributed by atoms with van der Waals surface area (Å²) in [6, 6.07) is -0.136. The summed E-state index contributed by atoms with van der Waals surface area (Å²) in [5, 5.41) is 14.6. The molecule has 6 nitrogen and oxygen atoms in total. The van der Waals surface area contributed by atoms with E-state index < -0.39 is 5.97 Å². The summed E-state index contributed by atoms with van der Waals surface area (Å²) in [5.41, 5.74) is 0. The number of ether oxygens (including phenoxy) is 1. The highest BCUT2D eigenvalue weighted by molar-refractivity contribution is 5.73. The fourth-order valence-corrected chi connectivity index (χ4v) is 2.49. The van der Waals surface area contributed by atoms with Crippen molar-refractivity contribution in [1.29, 1.82) is 0 Å². The van der Waals surface area contributed by atoms with Gasteiger partial charge in [-0.05, 0) is 44.4 Å². The second-order valence-corrected chi connectivity index (χ2v) is 5.39. The van der Waals surface area contributed by atoms with Crippen molar-refractivity contribution in [3.63, 3.8) is 0 Å². The summed E-state index contributed by atoms with van der Waals surface area (Å²) in [4.78, 5) is 22.4. The number of hydrogen-bond donors (Lipinski definition) is 3. The minimum Gasteiger partial charge on any atom is -0.481 e. The largest absolute Gasteiger partial charge is 0.481 e. The summed E-state index contributed by atoms with van der Waals surface area (Å²) in [5.74, 6) is -0.476. The SMILES string of the molecule is COCCCCNC(=O)NCC1CCC(C(=O)O)CC1. The van der Waals surface area contributed by atoms with Crippen LogP contribution in [0.2, 0.25) is 0 Å². The van der Waals surface area contributed by atoms with Gasteiger partial charge in [-0.2, -0.15) is 0 Å². The average Bonchev–Trinajstić information content (AvgIpc) is 2.45. The topological polar surface area (TPSA) is 87.7 Å². The Morgan fingerprint density at radius 2 is 1.85 bits per heavy atom. The van der Waals surface area contributed by atoms with E-state index in [0.717, 1.165) is 45.1 Å². The van der Waals surface area contributed by atoms with Gasteiger partial charge in [0.2, 0.25) is 0 Å². The van der Waals surface area contributed by atoms with E-state index >= 15 is 0 Å². The molecule has 1 fully saturated rings. The first-order chi connectivity index (χ1) is 9.63. The van der Waals surface area contributed by atoms with Crippen LogP contribution in [-0.2, 0) is 9.53 Å². The Morgan fingerprint density at radius 1 is 1.15 bits per heavy atom. The Hall–Kier alpha value is -1.30. The van der Waals surface area contributed by atoms with Crippen LogP contribution in [0.25, 0.3) is 0 Å². The van der Waals surface area contributed by atoms with Gasteiger partial charge in [-0.1, -0.05) is 0 Å². The number of aliphatic carboxylic acids is 1. The molecule has 1 saturated carbocycles. The standard InChI is InChI=1S/C14H26N2O4/c1-20-9-3-2-8-15-14(19)16-10-11-4-6-12(7-5-11)13(17)18/h11-12H,2-10H2,1H3,(H,17,18)(H2,15,16,19). The number of carboxylic acid groups (broad SMARTS) is 1. The van der Waals surface area contributed by atoms with Gasteiger partial charge in [0.25, 0.3) is 0 Å². The lowest BCUT2D eigenvalue weighted by Gasteiger charge is -2.26. The number of carbonyl (C=O) groups excluding carboxylic acids is 1. The fourth-order valence-electron chi connectivity index (χ4n) is 2.49. The first kappa shape index (κ1) is 16.8. The van der Waals surface area contributed by atoms with Crippen molar-refractivity contribution in [2.75, 3.05) is 26.8 Å². The zero-order valence-corrected chi connectivity index (χ0v) is 12.2. The molecule has 1 aliphatic rings. The molecule has 0 bridgehead atoms. The van der Waals surface area contributed by atoms with Crippen LogP contribution in [0.5, 0.6) is 0 Å². The van der Waals surface area contributed by atoms with Crippen molar-refractivity contribution in [2.45, 2.75) is 38.5 Å². The van der Waals surface area contributed by atoms with Crippen LogP contribution in [0.15, 0.2) is 0 Å². The molecule has 0 saturated heterocycles. The van der Waals surface area contributed by atoms with Gasteiger partial charge in [0, 0.05) is 26.8 Å². The lowest BCUT2D eigenvalue weighted by molar-refractivity contribution is -0.143. The predicted octanol–water partition coefficient (Wildman–Crippen LogP) is 1.60. The monoisotopic (exact) mass is 286 g/mol. The predicted molar refractivity (Wildman–Crippen MR) is 75.6 cm³/mol. The van der Waals surface area contributed by atoms with Crippen LogP contribution in [0.3, 0.4) is 0 Å². The van der Waals surface area contributed by atoms with Crippen molar-refractivity contribution in [1.82, 2.24) is 10.6 Å². The maximum atomic E-state index is 11.5. The van der Waals surface area contributed by atoms with Crippen LogP contribution in [0, 0.1) is 11.8 Å². The van der Waals surface area contributed by atoms with E-state index in [4.69, 9.17) is 9.84 Å². The number of nitrogens with one attached hydrogen (secondary N) is 2. The molecule has 0 unspecified atom stereocenters. The summed E-state index contributed by atoms with van der Waals surface area (Å²) in [6.07, 6.45) is 5.05. The number of hydrogen-bond acceptors (Lipinski definition) is 3. The van der Waals surface area contributed by atoms with Gasteiger partial charge in [-0.3, -0.25) is 4.79 Å². The number of carboxylic acids is 1. The number of amides is 2. The molecule has 0 aliphatic heterocycles. The maximum absolute atomic E-state index is 11.5. The molecule has 0 aromatic rings. The second-order valence-electron chi connectivity index (χ2n) is 5.39. The Bertz CT molecular complexity index is 302. The molecule has 0 atom stereocenters. The number of carbonyl (C=O) groups is 2. The summed E-state index contributed by atoms with van der Waals surface area (Å²) < 4.78 is 4.93. The van der Waals surface area contributed by atoms with Crippen LogP contribution in [0.1, 0.15) is 38.5 Å². The van der Waals surface area contributed by atoms with E-state index in [-0.39, 0.29) is 11.9 Å². The van der Waals surface area contributed by atoms with E-state index in [1.807, 2.05) is 0 Å². The summed E-state index contributed by atoms with van der Waals surface area (Å²) in [6.45, 7) is 2.01. The Balaban J connectivity index is 2.03. The van der Waals surface area contributed by atoms with Gasteiger partial charge < -0.3 is 20.5 Å². The van der Waals surface area contributed by atoms with Gasteiger partial charge >= 0.3 is 12.0 Å². The van der Waals surface area contributed by atoms with E-state index in [1.165, 1.54) is 0 Å². The lowest BCUT2D eigenvalue weighted by atomic mass is 9.82. The number of urea groups is 1. The van der Waals surface area contributed by atoms with Gasteiger partial charge in [0.05, 0.1) is 5.92 Å². The molecule has 0 heterocycles. The van der Waals surface area contributed by atoms with E-state index in [9.17, 15) is 9.59 Å². The Morgan fingerprint density at radius 3 is 2.45 bits per heavy atom. The number of unbranched alkanes of at least 4 members (excludes halogenated alkanes) is 1. The highest BCUT2D eigenvalue weighted by Gasteiger charge is 2.25. The van der Waals surface area contributed by atoms with Gasteiger partial charge in [-0.15, -0.1) is 0 Å². The van der Waals surface area contributed by atoms with Crippen LogP contribution < -0.4 is 10.6 Å². The number of methoxy groups -OCH3 is 1. The van der Waals surface area contributed by atoms with Crippen molar-refractivity contribution in [3.05, 3.63) is 0 Å². The third kappa shape index (κ3) is 6.75. The van der Waals surface area contributed by atoms with E-state index in [1.54, 1.807) is 7.11 Å². The molecular weight excluding hydrogens is 260 g/mol. The Labute approximate surface area is 120 Å². The fraction of sp³-hybridized carbons (Fsp3) is 0.857. The zero-order valence-electron chi connectivity index (χ0n) is 12.2. The second kappa shape index (κ2) is 9.58. The Kier molecular flexibility index (Phi) is 8.02. The lowest BCUT2D eigenvalue weighted by Crippen LogP contribution is -2.39. The van der Waals surface area contributed by atoms with Crippen LogP contribution in [-0.4, -0.2) is 43.9 Å². The third-order valence-electron chi connectivity index (χ3n) is 3.81. The highest BCUT2D eigenvalue weighted by atomic mass is 16.5. The molecule has 1 aliphatic carbocycles. The molecule has 3 N–H and O–H groups in total. The van der Waals surface area contributed by atoms with E-state index in [2.05, 4.69) is 10.6 Å². The highest BCUT2D eigenvalue weighted by Crippen LogP contribution is 2.28. The molecular formula is C14H26N2O4. The van der Waals surface area contributed by atoms with Crippen molar-refractivity contribution in [3.8, 4) is 0 Å². The average molecular weight is 286 g/mol. The molecule has 0 radical (unpaired) electrons.